The smallest absolute Gasteiger partial charge is 0.214 e. The molecule has 2 aliphatic heterocycles. The molecule has 144 valence electrons. The monoisotopic (exact) mass is 414 g/mol. The minimum atomic E-state index is -0.826. The predicted octanol–water partition coefficient (Wildman–Crippen LogP) is 4.56. The van der Waals surface area contributed by atoms with Crippen molar-refractivity contribution in [3.8, 4) is 0 Å². The number of aromatic nitrogens is 1. The van der Waals surface area contributed by atoms with Crippen LogP contribution in [0, 0.1) is 17.6 Å². The molecule has 0 amide bonds. The molecule has 2 fully saturated rings. The molecule has 2 aromatic rings. The lowest BCUT2D eigenvalue weighted by molar-refractivity contribution is 0.129. The van der Waals surface area contributed by atoms with Gasteiger partial charge in [0.1, 0.15) is 21.6 Å². The van der Waals surface area contributed by atoms with Gasteiger partial charge in [0.05, 0.1) is 5.69 Å². The van der Waals surface area contributed by atoms with Crippen molar-refractivity contribution in [3.63, 3.8) is 0 Å². The second-order valence-corrected chi connectivity index (χ2v) is 7.86. The second-order valence-electron chi connectivity index (χ2n) is 6.66. The molecule has 0 radical (unpaired) electrons. The fourth-order valence-corrected chi connectivity index (χ4v) is 4.42. The minimum absolute atomic E-state index is 0.0999. The summed E-state index contributed by atoms with van der Waals surface area (Å²) in [5.41, 5.74) is 0.378. The van der Waals surface area contributed by atoms with Crippen LogP contribution >= 0.6 is 23.5 Å². The number of benzene rings is 1. The highest BCUT2D eigenvalue weighted by molar-refractivity contribution is 8.00. The van der Waals surface area contributed by atoms with Gasteiger partial charge < -0.3 is 9.62 Å². The standard InChI is InChI=1S/C18H18ClF3N4S/c19-16-13(26-8-5-11(10-26)25-6-2-7-25)9-12(20)18(17(16)22)27-24-15-4-1-3-14(21)23-15/h1,3-4,9,11H,2,5-8,10H2,(H,23,24). The van der Waals surface area contributed by atoms with Gasteiger partial charge in [-0.15, -0.1) is 0 Å². The lowest BCUT2D eigenvalue weighted by Crippen LogP contribution is -2.46. The Morgan fingerprint density at radius 1 is 1.19 bits per heavy atom. The van der Waals surface area contributed by atoms with Crippen LogP contribution in [0.4, 0.5) is 24.7 Å². The van der Waals surface area contributed by atoms with Crippen molar-refractivity contribution in [1.29, 1.82) is 0 Å². The topological polar surface area (TPSA) is 31.4 Å². The SMILES string of the molecule is Fc1cccc(NSc2c(F)cc(N3CCC(N4CCC4)C3)c(Cl)c2F)n1. The number of hydrogen-bond acceptors (Lipinski definition) is 5. The Hall–Kier alpha value is -1.64. The lowest BCUT2D eigenvalue weighted by Gasteiger charge is -2.36. The molecule has 0 spiro atoms. The van der Waals surface area contributed by atoms with Crippen molar-refractivity contribution in [2.24, 2.45) is 0 Å². The summed E-state index contributed by atoms with van der Waals surface area (Å²) in [5.74, 6) is -2.06. The number of nitrogens with one attached hydrogen (secondary N) is 1. The number of hydrogen-bond donors (Lipinski definition) is 1. The number of pyridine rings is 1. The second kappa shape index (κ2) is 7.77. The molecule has 0 aliphatic carbocycles. The maximum absolute atomic E-state index is 14.7. The largest absolute Gasteiger partial charge is 0.369 e. The molecule has 0 bridgehead atoms. The Morgan fingerprint density at radius 3 is 2.70 bits per heavy atom. The quantitative estimate of drug-likeness (QED) is 0.440. The van der Waals surface area contributed by atoms with Crippen molar-refractivity contribution in [2.75, 3.05) is 35.8 Å². The Labute approximate surface area is 164 Å². The van der Waals surface area contributed by atoms with Crippen LogP contribution in [0.25, 0.3) is 0 Å². The summed E-state index contributed by atoms with van der Waals surface area (Å²) >= 11 is 6.90. The summed E-state index contributed by atoms with van der Waals surface area (Å²) in [6.07, 6.45) is 2.17. The molecule has 1 N–H and O–H groups in total. The molecule has 2 aliphatic rings. The van der Waals surface area contributed by atoms with Crippen molar-refractivity contribution in [2.45, 2.75) is 23.8 Å². The third-order valence-corrected chi connectivity index (χ3v) is 6.23. The van der Waals surface area contributed by atoms with Gasteiger partial charge in [0.25, 0.3) is 0 Å². The molecule has 0 saturated carbocycles. The summed E-state index contributed by atoms with van der Waals surface area (Å²) in [4.78, 5) is 7.66. The van der Waals surface area contributed by atoms with Gasteiger partial charge in [-0.25, -0.2) is 13.8 Å². The van der Waals surface area contributed by atoms with Crippen LogP contribution in [0.2, 0.25) is 5.02 Å². The van der Waals surface area contributed by atoms with E-state index in [4.69, 9.17) is 11.6 Å². The average Bonchev–Trinajstić information content (AvgIpc) is 3.05. The van der Waals surface area contributed by atoms with Crippen molar-refractivity contribution in [3.05, 3.63) is 46.9 Å². The van der Waals surface area contributed by atoms with Gasteiger partial charge in [0.2, 0.25) is 5.95 Å². The van der Waals surface area contributed by atoms with Crippen LogP contribution in [0.3, 0.4) is 0 Å². The minimum Gasteiger partial charge on any atom is -0.369 e. The maximum atomic E-state index is 14.7. The van der Waals surface area contributed by atoms with E-state index in [1.54, 1.807) is 0 Å². The highest BCUT2D eigenvalue weighted by atomic mass is 35.5. The summed E-state index contributed by atoms with van der Waals surface area (Å²) in [5, 5.41) is -0.0999. The van der Waals surface area contributed by atoms with E-state index < -0.39 is 17.6 Å². The van der Waals surface area contributed by atoms with E-state index in [0.717, 1.165) is 32.6 Å². The summed E-state index contributed by atoms with van der Waals surface area (Å²) in [6, 6.07) is 5.83. The summed E-state index contributed by atoms with van der Waals surface area (Å²) in [6.45, 7) is 3.61. The fraction of sp³-hybridized carbons (Fsp3) is 0.389. The van der Waals surface area contributed by atoms with Gasteiger partial charge in [0.15, 0.2) is 5.82 Å². The Balaban J connectivity index is 1.50. The number of likely N-dealkylation sites (tertiary alicyclic amines) is 1. The van der Waals surface area contributed by atoms with Crippen LogP contribution < -0.4 is 9.62 Å². The van der Waals surface area contributed by atoms with E-state index in [-0.39, 0.29) is 15.7 Å². The molecule has 9 heteroatoms. The van der Waals surface area contributed by atoms with E-state index in [1.165, 1.54) is 30.7 Å². The van der Waals surface area contributed by atoms with Crippen molar-refractivity contribution in [1.82, 2.24) is 9.88 Å². The number of anilines is 2. The first-order valence-corrected chi connectivity index (χ1v) is 9.94. The Bertz CT molecular complexity index is 850. The number of nitrogens with zero attached hydrogens (tertiary/aromatic N) is 3. The van der Waals surface area contributed by atoms with Crippen LogP contribution in [0.5, 0.6) is 0 Å². The fourth-order valence-electron chi connectivity index (χ4n) is 3.42. The molecular formula is C18H18ClF3N4S. The van der Waals surface area contributed by atoms with Gasteiger partial charge in [-0.1, -0.05) is 17.7 Å². The van der Waals surface area contributed by atoms with Crippen LogP contribution in [-0.4, -0.2) is 42.1 Å². The van der Waals surface area contributed by atoms with Gasteiger partial charge in [0, 0.05) is 25.2 Å². The first-order chi connectivity index (χ1) is 13.0. The van der Waals surface area contributed by atoms with Crippen LogP contribution in [0.15, 0.2) is 29.2 Å². The molecule has 1 aromatic carbocycles. The van der Waals surface area contributed by atoms with E-state index in [9.17, 15) is 13.2 Å². The Kier molecular flexibility index (Phi) is 5.39. The van der Waals surface area contributed by atoms with Crippen molar-refractivity contribution >= 4 is 35.1 Å². The zero-order chi connectivity index (χ0) is 19.0. The van der Waals surface area contributed by atoms with E-state index in [2.05, 4.69) is 14.6 Å². The first kappa shape index (κ1) is 18.7. The third-order valence-electron chi connectivity index (χ3n) is 4.98. The summed E-state index contributed by atoms with van der Waals surface area (Å²) in [7, 11) is 0. The van der Waals surface area contributed by atoms with Crippen LogP contribution in [0.1, 0.15) is 12.8 Å². The molecule has 1 unspecified atom stereocenters. The maximum Gasteiger partial charge on any atom is 0.214 e. The zero-order valence-electron chi connectivity index (χ0n) is 14.4. The number of halogens is 4. The highest BCUT2D eigenvalue weighted by Crippen LogP contribution is 2.39. The highest BCUT2D eigenvalue weighted by Gasteiger charge is 2.32. The van der Waals surface area contributed by atoms with E-state index in [0.29, 0.717) is 23.7 Å². The molecule has 2 saturated heterocycles. The molecular weight excluding hydrogens is 397 g/mol. The average molecular weight is 415 g/mol. The van der Waals surface area contributed by atoms with Gasteiger partial charge in [-0.2, -0.15) is 4.39 Å². The first-order valence-electron chi connectivity index (χ1n) is 8.75. The molecule has 4 rings (SSSR count). The van der Waals surface area contributed by atoms with Gasteiger partial charge >= 0.3 is 0 Å². The normalized spacial score (nSPS) is 20.0. The Morgan fingerprint density at radius 2 is 2.00 bits per heavy atom. The molecule has 4 nitrogen and oxygen atoms in total. The molecule has 27 heavy (non-hydrogen) atoms. The molecule has 3 heterocycles. The van der Waals surface area contributed by atoms with Gasteiger partial charge in [-0.3, -0.25) is 4.90 Å². The number of rotatable bonds is 5. The molecule has 1 atom stereocenters. The van der Waals surface area contributed by atoms with E-state index in [1.807, 2.05) is 4.90 Å². The van der Waals surface area contributed by atoms with Crippen LogP contribution in [-0.2, 0) is 0 Å². The van der Waals surface area contributed by atoms with Gasteiger partial charge in [-0.05, 0) is 50.0 Å². The third kappa shape index (κ3) is 3.83. The lowest BCUT2D eigenvalue weighted by atomic mass is 10.1. The summed E-state index contributed by atoms with van der Waals surface area (Å²) < 4.78 is 45.1. The zero-order valence-corrected chi connectivity index (χ0v) is 16.0. The van der Waals surface area contributed by atoms with E-state index >= 15 is 0 Å². The predicted molar refractivity (Wildman–Crippen MR) is 102 cm³/mol. The van der Waals surface area contributed by atoms with Crippen molar-refractivity contribution < 1.29 is 13.2 Å². The molecule has 1 aromatic heterocycles.